The van der Waals surface area contributed by atoms with Gasteiger partial charge in [-0.15, -0.1) is 0 Å². The maximum atomic E-state index is 15.0. The zero-order valence-electron chi connectivity index (χ0n) is 24.2. The number of carbonyl (C=O) groups excluding carboxylic acids is 2. The number of nitrogens with zero attached hydrogens (tertiary/aromatic N) is 2. The largest absolute Gasteiger partial charge is 0.352 e. The molecule has 0 aliphatic rings. The van der Waals surface area contributed by atoms with Crippen LogP contribution in [0, 0.1) is 5.82 Å². The molecule has 7 nitrogen and oxygen atoms in total. The summed E-state index contributed by atoms with van der Waals surface area (Å²) in [7, 11) is -4.31. The highest BCUT2D eigenvalue weighted by Crippen LogP contribution is 2.31. The van der Waals surface area contributed by atoms with E-state index in [9.17, 15) is 22.4 Å². The highest BCUT2D eigenvalue weighted by Gasteiger charge is 2.35. The standard InChI is InChI=1S/C33H32Cl2FN3O4S/c1-23(2)37-33(41)31(19-24-11-5-3-6-12-24)38(21-25-13-9-10-16-30(25)36)32(40)22-39(26-17-18-28(34)29(35)20-26)44(42,43)27-14-7-4-8-15-27/h3-18,20,23,31H,19,21-22H2,1-2H3,(H,37,41)/t31-/m0/s1. The van der Waals surface area contributed by atoms with Gasteiger partial charge in [-0.05, 0) is 55.8 Å². The van der Waals surface area contributed by atoms with E-state index in [-0.39, 0.29) is 45.2 Å². The van der Waals surface area contributed by atoms with E-state index >= 15 is 0 Å². The van der Waals surface area contributed by atoms with Crippen molar-refractivity contribution < 1.29 is 22.4 Å². The quantitative estimate of drug-likeness (QED) is 0.189. The van der Waals surface area contributed by atoms with E-state index in [0.29, 0.717) is 0 Å². The van der Waals surface area contributed by atoms with E-state index in [4.69, 9.17) is 23.2 Å². The average molecular weight is 657 g/mol. The number of sulfonamides is 1. The lowest BCUT2D eigenvalue weighted by molar-refractivity contribution is -0.140. The van der Waals surface area contributed by atoms with E-state index in [1.165, 1.54) is 53.4 Å². The molecule has 2 amide bonds. The molecular weight excluding hydrogens is 624 g/mol. The first kappa shape index (κ1) is 33.0. The first-order valence-corrected chi connectivity index (χ1v) is 16.1. The Kier molecular flexibility index (Phi) is 11.0. The van der Waals surface area contributed by atoms with Crippen LogP contribution in [0.3, 0.4) is 0 Å². The van der Waals surface area contributed by atoms with Crippen molar-refractivity contribution in [1.29, 1.82) is 0 Å². The van der Waals surface area contributed by atoms with Gasteiger partial charge in [0.25, 0.3) is 10.0 Å². The highest BCUT2D eigenvalue weighted by molar-refractivity contribution is 7.92. The molecule has 230 valence electrons. The Morgan fingerprint density at radius 2 is 1.45 bits per heavy atom. The number of hydrogen-bond donors (Lipinski definition) is 1. The first-order valence-electron chi connectivity index (χ1n) is 13.9. The average Bonchev–Trinajstić information content (AvgIpc) is 3.00. The number of halogens is 3. The number of benzene rings is 4. The Morgan fingerprint density at radius 1 is 0.841 bits per heavy atom. The van der Waals surface area contributed by atoms with Crippen LogP contribution in [-0.4, -0.2) is 43.8 Å². The molecule has 0 aliphatic carbocycles. The summed E-state index contributed by atoms with van der Waals surface area (Å²) in [6.45, 7) is 2.59. The van der Waals surface area contributed by atoms with Crippen LogP contribution in [0.5, 0.6) is 0 Å². The van der Waals surface area contributed by atoms with Crippen molar-refractivity contribution in [2.24, 2.45) is 0 Å². The molecule has 11 heteroatoms. The third-order valence-electron chi connectivity index (χ3n) is 6.80. The van der Waals surface area contributed by atoms with Gasteiger partial charge in [0, 0.05) is 24.6 Å². The Morgan fingerprint density at radius 3 is 2.07 bits per heavy atom. The van der Waals surface area contributed by atoms with Crippen LogP contribution in [0.4, 0.5) is 10.1 Å². The molecule has 4 aromatic rings. The lowest BCUT2D eigenvalue weighted by Crippen LogP contribution is -2.54. The summed E-state index contributed by atoms with van der Waals surface area (Å²) in [5.41, 5.74) is 1.03. The predicted molar refractivity (Wildman–Crippen MR) is 172 cm³/mol. The van der Waals surface area contributed by atoms with Gasteiger partial charge in [0.2, 0.25) is 11.8 Å². The van der Waals surface area contributed by atoms with E-state index in [2.05, 4.69) is 5.32 Å². The maximum absolute atomic E-state index is 15.0. The van der Waals surface area contributed by atoms with Gasteiger partial charge >= 0.3 is 0 Å². The summed E-state index contributed by atoms with van der Waals surface area (Å²) < 4.78 is 43.8. The van der Waals surface area contributed by atoms with Gasteiger partial charge in [-0.2, -0.15) is 0 Å². The Labute approximate surface area is 267 Å². The second-order valence-electron chi connectivity index (χ2n) is 10.4. The van der Waals surface area contributed by atoms with Gasteiger partial charge in [0.05, 0.1) is 20.6 Å². The molecule has 1 N–H and O–H groups in total. The fourth-order valence-electron chi connectivity index (χ4n) is 4.63. The van der Waals surface area contributed by atoms with Crippen molar-refractivity contribution in [2.75, 3.05) is 10.8 Å². The zero-order valence-corrected chi connectivity index (χ0v) is 26.5. The van der Waals surface area contributed by atoms with E-state index in [1.807, 2.05) is 30.3 Å². The molecule has 0 unspecified atom stereocenters. The van der Waals surface area contributed by atoms with Crippen molar-refractivity contribution in [3.05, 3.63) is 130 Å². The summed E-state index contributed by atoms with van der Waals surface area (Å²) in [6, 6.07) is 25.6. The van der Waals surface area contributed by atoms with Crippen molar-refractivity contribution in [3.8, 4) is 0 Å². The van der Waals surface area contributed by atoms with Crippen LogP contribution in [-0.2, 0) is 32.6 Å². The summed E-state index contributed by atoms with van der Waals surface area (Å²) in [5.74, 6) is -1.74. The molecule has 0 fully saturated rings. The summed E-state index contributed by atoms with van der Waals surface area (Å²) >= 11 is 12.4. The van der Waals surface area contributed by atoms with Crippen molar-refractivity contribution in [2.45, 2.75) is 43.8 Å². The number of carbonyl (C=O) groups is 2. The Bertz CT molecular complexity index is 1710. The van der Waals surface area contributed by atoms with Crippen LogP contribution in [0.1, 0.15) is 25.0 Å². The number of nitrogens with one attached hydrogen (secondary N) is 1. The van der Waals surface area contributed by atoms with E-state index in [0.717, 1.165) is 9.87 Å². The molecule has 0 spiro atoms. The van der Waals surface area contributed by atoms with E-state index in [1.54, 1.807) is 38.1 Å². The lowest BCUT2D eigenvalue weighted by Gasteiger charge is -2.34. The second kappa shape index (κ2) is 14.7. The SMILES string of the molecule is CC(C)NC(=O)[C@H](Cc1ccccc1)N(Cc1ccccc1F)C(=O)CN(c1ccc(Cl)c(Cl)c1)S(=O)(=O)c1ccccc1. The first-order chi connectivity index (χ1) is 21.0. The summed E-state index contributed by atoms with van der Waals surface area (Å²) in [4.78, 5) is 29.2. The molecule has 44 heavy (non-hydrogen) atoms. The molecule has 0 aliphatic heterocycles. The third-order valence-corrected chi connectivity index (χ3v) is 9.33. The highest BCUT2D eigenvalue weighted by atomic mass is 35.5. The van der Waals surface area contributed by atoms with Crippen molar-refractivity contribution in [3.63, 3.8) is 0 Å². The van der Waals surface area contributed by atoms with Crippen molar-refractivity contribution >= 4 is 50.7 Å². The van der Waals surface area contributed by atoms with Crippen LogP contribution >= 0.6 is 23.2 Å². The molecule has 0 saturated heterocycles. The Hall–Kier alpha value is -3.92. The van der Waals surface area contributed by atoms with Gasteiger partial charge in [0.15, 0.2) is 0 Å². The normalized spacial score (nSPS) is 12.0. The summed E-state index contributed by atoms with van der Waals surface area (Å²) in [5, 5.41) is 3.15. The zero-order chi connectivity index (χ0) is 31.9. The molecule has 0 saturated carbocycles. The number of amides is 2. The molecule has 0 heterocycles. The van der Waals surface area contributed by atoms with Gasteiger partial charge in [-0.1, -0.05) is 89.9 Å². The minimum Gasteiger partial charge on any atom is -0.352 e. The fourth-order valence-corrected chi connectivity index (χ4v) is 6.35. The van der Waals surface area contributed by atoms with Crippen LogP contribution < -0.4 is 9.62 Å². The minimum absolute atomic E-state index is 0.0575. The maximum Gasteiger partial charge on any atom is 0.264 e. The molecule has 0 aromatic heterocycles. The molecule has 1 atom stereocenters. The third kappa shape index (κ3) is 8.16. The fraction of sp³-hybridized carbons (Fsp3) is 0.212. The van der Waals surface area contributed by atoms with E-state index < -0.39 is 40.2 Å². The second-order valence-corrected chi connectivity index (χ2v) is 13.1. The Balaban J connectivity index is 1.82. The smallest absolute Gasteiger partial charge is 0.264 e. The molecule has 0 radical (unpaired) electrons. The minimum atomic E-state index is -4.31. The van der Waals surface area contributed by atoms with Gasteiger partial charge in [0.1, 0.15) is 18.4 Å². The lowest BCUT2D eigenvalue weighted by atomic mass is 10.0. The van der Waals surface area contributed by atoms with Crippen molar-refractivity contribution in [1.82, 2.24) is 10.2 Å². The van der Waals surface area contributed by atoms with Gasteiger partial charge in [-0.3, -0.25) is 13.9 Å². The summed E-state index contributed by atoms with van der Waals surface area (Å²) in [6.07, 6.45) is 0.109. The van der Waals surface area contributed by atoms with Crippen LogP contribution in [0.2, 0.25) is 10.0 Å². The van der Waals surface area contributed by atoms with Gasteiger partial charge in [-0.25, -0.2) is 12.8 Å². The van der Waals surface area contributed by atoms with Crippen LogP contribution in [0.25, 0.3) is 0 Å². The van der Waals surface area contributed by atoms with Gasteiger partial charge < -0.3 is 10.2 Å². The monoisotopic (exact) mass is 655 g/mol. The number of hydrogen-bond acceptors (Lipinski definition) is 4. The predicted octanol–water partition coefficient (Wildman–Crippen LogP) is 6.49. The molecule has 4 aromatic carbocycles. The molecule has 0 bridgehead atoms. The topological polar surface area (TPSA) is 86.8 Å². The number of anilines is 1. The van der Waals surface area contributed by atoms with Crippen LogP contribution in [0.15, 0.2) is 108 Å². The molecular formula is C33H32Cl2FN3O4S. The molecule has 4 rings (SSSR count). The number of rotatable bonds is 12.